The molecule has 2 N–H and O–H groups in total. The van der Waals surface area contributed by atoms with Gasteiger partial charge in [-0.2, -0.15) is 0 Å². The van der Waals surface area contributed by atoms with Gasteiger partial charge in [-0.15, -0.1) is 0 Å². The third kappa shape index (κ3) is 3.57. The zero-order chi connectivity index (χ0) is 21.0. The largest absolute Gasteiger partial charge is 0.393 e. The van der Waals surface area contributed by atoms with Crippen molar-refractivity contribution in [1.29, 1.82) is 0 Å². The maximum absolute atomic E-state index is 10.9. The Morgan fingerprint density at radius 2 is 1.72 bits per heavy atom. The van der Waals surface area contributed by atoms with Gasteiger partial charge in [0.15, 0.2) is 0 Å². The van der Waals surface area contributed by atoms with Crippen molar-refractivity contribution < 1.29 is 10.2 Å². The topological polar surface area (TPSA) is 40.5 Å². The Labute approximate surface area is 178 Å². The third-order valence-corrected chi connectivity index (χ3v) is 9.90. The molecular formula is C27H44O2. The molecule has 0 heterocycles. The zero-order valence-electron chi connectivity index (χ0n) is 19.5. The summed E-state index contributed by atoms with van der Waals surface area (Å²) in [5.41, 5.74) is 3.83. The standard InChI is InChI=1S/C27H44O2/c1-17(2)6-11-25(29)18(3)22-9-10-23-21-8-7-19-16-20(28)12-14-26(19,4)24(21)13-15-27(22,23)5/h7-8,17-18,20,22-25,28-29H,6,9-16H2,1-5H3/t18-,20-,22+,23-,24-,25+,26-,27+/m0/s1. The molecule has 0 aromatic carbocycles. The van der Waals surface area contributed by atoms with Gasteiger partial charge in [0.05, 0.1) is 12.2 Å². The molecule has 2 heteroatoms. The molecule has 0 radical (unpaired) electrons. The van der Waals surface area contributed by atoms with E-state index in [4.69, 9.17) is 0 Å². The van der Waals surface area contributed by atoms with E-state index >= 15 is 0 Å². The number of allylic oxidation sites excluding steroid dienone is 3. The van der Waals surface area contributed by atoms with Crippen LogP contribution in [0.15, 0.2) is 23.3 Å². The maximum Gasteiger partial charge on any atom is 0.0578 e. The van der Waals surface area contributed by atoms with Gasteiger partial charge >= 0.3 is 0 Å². The van der Waals surface area contributed by atoms with Crippen LogP contribution in [0.1, 0.15) is 92.4 Å². The van der Waals surface area contributed by atoms with Crippen molar-refractivity contribution in [3.8, 4) is 0 Å². The van der Waals surface area contributed by atoms with Crippen LogP contribution < -0.4 is 0 Å². The van der Waals surface area contributed by atoms with Gasteiger partial charge in [0.2, 0.25) is 0 Å². The molecule has 8 atom stereocenters. The van der Waals surface area contributed by atoms with Crippen molar-refractivity contribution in [3.63, 3.8) is 0 Å². The number of hydrogen-bond donors (Lipinski definition) is 2. The van der Waals surface area contributed by atoms with E-state index in [0.717, 1.165) is 32.1 Å². The monoisotopic (exact) mass is 400 g/mol. The smallest absolute Gasteiger partial charge is 0.0578 e. The van der Waals surface area contributed by atoms with E-state index in [1.807, 2.05) is 0 Å². The number of aliphatic hydroxyl groups is 2. The second-order valence-corrected chi connectivity index (χ2v) is 11.9. The van der Waals surface area contributed by atoms with Crippen LogP contribution in [0.3, 0.4) is 0 Å². The van der Waals surface area contributed by atoms with Crippen LogP contribution in [0.2, 0.25) is 0 Å². The second kappa shape index (κ2) is 7.83. The summed E-state index contributed by atoms with van der Waals surface area (Å²) in [4.78, 5) is 0. The molecular weight excluding hydrogens is 356 g/mol. The first-order chi connectivity index (χ1) is 13.7. The summed E-state index contributed by atoms with van der Waals surface area (Å²) in [5, 5.41) is 21.1. The first-order valence-electron chi connectivity index (χ1n) is 12.4. The van der Waals surface area contributed by atoms with Crippen molar-refractivity contribution in [1.82, 2.24) is 0 Å². The zero-order valence-corrected chi connectivity index (χ0v) is 19.5. The second-order valence-electron chi connectivity index (χ2n) is 11.9. The minimum absolute atomic E-state index is 0.137. The summed E-state index contributed by atoms with van der Waals surface area (Å²) in [6, 6.07) is 0. The minimum Gasteiger partial charge on any atom is -0.393 e. The number of rotatable bonds is 5. The van der Waals surface area contributed by atoms with E-state index < -0.39 is 0 Å². The number of aliphatic hydroxyl groups excluding tert-OH is 2. The molecule has 0 saturated heterocycles. The predicted octanol–water partition coefficient (Wildman–Crippen LogP) is 6.28. The van der Waals surface area contributed by atoms with Gasteiger partial charge in [0, 0.05) is 0 Å². The molecule has 0 aromatic heterocycles. The summed E-state index contributed by atoms with van der Waals surface area (Å²) >= 11 is 0. The highest BCUT2D eigenvalue weighted by Gasteiger charge is 2.57. The van der Waals surface area contributed by atoms with Crippen LogP contribution in [-0.2, 0) is 0 Å². The lowest BCUT2D eigenvalue weighted by molar-refractivity contribution is -0.00324. The molecule has 0 aromatic rings. The maximum atomic E-state index is 10.9. The third-order valence-electron chi connectivity index (χ3n) is 9.90. The molecule has 0 bridgehead atoms. The van der Waals surface area contributed by atoms with Gasteiger partial charge < -0.3 is 10.2 Å². The molecule has 0 unspecified atom stereocenters. The fourth-order valence-electron chi connectivity index (χ4n) is 7.92. The average Bonchev–Trinajstić information content (AvgIpc) is 3.03. The molecule has 4 aliphatic rings. The lowest BCUT2D eigenvalue weighted by Crippen LogP contribution is -2.47. The average molecular weight is 401 g/mol. The van der Waals surface area contributed by atoms with Crippen LogP contribution in [0.25, 0.3) is 0 Å². The van der Waals surface area contributed by atoms with E-state index in [-0.39, 0.29) is 17.6 Å². The molecule has 0 amide bonds. The molecule has 4 rings (SSSR count). The van der Waals surface area contributed by atoms with Crippen LogP contribution in [-0.4, -0.2) is 22.4 Å². The summed E-state index contributed by atoms with van der Waals surface area (Å²) in [5.74, 6) is 3.07. The first kappa shape index (κ1) is 21.6. The van der Waals surface area contributed by atoms with Gasteiger partial charge in [0.25, 0.3) is 0 Å². The Bertz CT molecular complexity index is 676. The van der Waals surface area contributed by atoms with Crippen molar-refractivity contribution in [2.45, 2.75) is 105 Å². The Morgan fingerprint density at radius 1 is 0.966 bits per heavy atom. The molecule has 3 fully saturated rings. The summed E-state index contributed by atoms with van der Waals surface area (Å²) in [6.45, 7) is 11.9. The Balaban J connectivity index is 1.55. The predicted molar refractivity (Wildman–Crippen MR) is 120 cm³/mol. The van der Waals surface area contributed by atoms with Crippen molar-refractivity contribution >= 4 is 0 Å². The Kier molecular flexibility index (Phi) is 5.84. The molecule has 164 valence electrons. The number of hydrogen-bond acceptors (Lipinski definition) is 2. The molecule has 2 nitrogen and oxygen atoms in total. The summed E-state index contributed by atoms with van der Waals surface area (Å²) in [6.07, 6.45) is 14.8. The normalized spacial score (nSPS) is 43.7. The molecule has 29 heavy (non-hydrogen) atoms. The fourth-order valence-corrected chi connectivity index (χ4v) is 7.92. The van der Waals surface area contributed by atoms with E-state index in [2.05, 4.69) is 46.8 Å². The summed E-state index contributed by atoms with van der Waals surface area (Å²) in [7, 11) is 0. The van der Waals surface area contributed by atoms with Crippen molar-refractivity contribution in [3.05, 3.63) is 23.3 Å². The Morgan fingerprint density at radius 3 is 2.45 bits per heavy atom. The van der Waals surface area contributed by atoms with E-state index in [0.29, 0.717) is 35.0 Å². The molecule has 0 spiro atoms. The van der Waals surface area contributed by atoms with Crippen molar-refractivity contribution in [2.24, 2.45) is 40.4 Å². The fraction of sp³-hybridized carbons (Fsp3) is 0.852. The van der Waals surface area contributed by atoms with Gasteiger partial charge in [-0.25, -0.2) is 0 Å². The van der Waals surface area contributed by atoms with Crippen LogP contribution in [0.5, 0.6) is 0 Å². The Hall–Kier alpha value is -0.600. The SMILES string of the molecule is CC(C)CC[C@@H](O)[C@@H](C)[C@H]1CC[C@H]2C3=CC=C4C[C@@H](O)CC[C@]4(C)[C@H]3CC[C@]12C. The minimum atomic E-state index is -0.153. The summed E-state index contributed by atoms with van der Waals surface area (Å²) < 4.78 is 0. The highest BCUT2D eigenvalue weighted by molar-refractivity contribution is 5.38. The molecule has 0 aliphatic heterocycles. The van der Waals surface area contributed by atoms with E-state index in [1.165, 1.54) is 31.3 Å². The van der Waals surface area contributed by atoms with Crippen LogP contribution in [0, 0.1) is 40.4 Å². The van der Waals surface area contributed by atoms with Gasteiger partial charge in [-0.05, 0) is 98.2 Å². The van der Waals surface area contributed by atoms with Crippen LogP contribution in [0.4, 0.5) is 0 Å². The van der Waals surface area contributed by atoms with Gasteiger partial charge in [-0.1, -0.05) is 57.9 Å². The highest BCUT2D eigenvalue weighted by Crippen LogP contribution is 2.66. The van der Waals surface area contributed by atoms with Gasteiger partial charge in [-0.3, -0.25) is 0 Å². The van der Waals surface area contributed by atoms with Crippen molar-refractivity contribution in [2.75, 3.05) is 0 Å². The highest BCUT2D eigenvalue weighted by atomic mass is 16.3. The van der Waals surface area contributed by atoms with Gasteiger partial charge in [0.1, 0.15) is 0 Å². The lowest BCUT2D eigenvalue weighted by atomic mass is 9.50. The van der Waals surface area contributed by atoms with E-state index in [9.17, 15) is 10.2 Å². The van der Waals surface area contributed by atoms with Crippen LogP contribution >= 0.6 is 0 Å². The quantitative estimate of drug-likeness (QED) is 0.570. The van der Waals surface area contributed by atoms with E-state index in [1.54, 1.807) is 5.57 Å². The number of fused-ring (bicyclic) bond motifs is 5. The molecule has 3 saturated carbocycles. The molecule has 4 aliphatic carbocycles. The first-order valence-corrected chi connectivity index (χ1v) is 12.4. The lowest BCUT2D eigenvalue weighted by Gasteiger charge is -2.55.